The van der Waals surface area contributed by atoms with Crippen LogP contribution in [0.4, 0.5) is 5.69 Å². The van der Waals surface area contributed by atoms with Gasteiger partial charge in [0.15, 0.2) is 0 Å². The lowest BCUT2D eigenvalue weighted by molar-refractivity contribution is -0.116. The van der Waals surface area contributed by atoms with Crippen LogP contribution in [0.5, 0.6) is 5.75 Å². The number of alkyl halides is 1. The molecule has 3 nitrogen and oxygen atoms in total. The van der Waals surface area contributed by atoms with Gasteiger partial charge in [0.25, 0.3) is 0 Å². The number of ether oxygens (including phenoxy) is 1. The van der Waals surface area contributed by atoms with Crippen LogP contribution in [0.15, 0.2) is 24.3 Å². The lowest BCUT2D eigenvalue weighted by Gasteiger charge is -2.13. The SMILES string of the molecule is COc1ccc(NC(=O)[C@@H](Br)C(C)C)cc1. The minimum absolute atomic E-state index is 0.0276. The molecule has 0 saturated carbocycles. The summed E-state index contributed by atoms with van der Waals surface area (Å²) in [6.45, 7) is 3.99. The molecule has 0 aliphatic carbocycles. The number of amides is 1. The number of halogens is 1. The highest BCUT2D eigenvalue weighted by Gasteiger charge is 2.18. The van der Waals surface area contributed by atoms with Crippen molar-refractivity contribution in [3.63, 3.8) is 0 Å². The maximum absolute atomic E-state index is 11.7. The molecule has 1 atom stereocenters. The maximum Gasteiger partial charge on any atom is 0.238 e. The molecule has 88 valence electrons. The number of rotatable bonds is 4. The molecule has 0 heterocycles. The molecule has 1 N–H and O–H groups in total. The van der Waals surface area contributed by atoms with E-state index in [-0.39, 0.29) is 16.7 Å². The van der Waals surface area contributed by atoms with Crippen molar-refractivity contribution in [2.45, 2.75) is 18.7 Å². The van der Waals surface area contributed by atoms with E-state index in [4.69, 9.17) is 4.74 Å². The third kappa shape index (κ3) is 3.52. The average molecular weight is 286 g/mol. The second kappa shape index (κ2) is 5.89. The Morgan fingerprint density at radius 1 is 1.31 bits per heavy atom. The van der Waals surface area contributed by atoms with Crippen LogP contribution in [0.2, 0.25) is 0 Å². The predicted molar refractivity (Wildman–Crippen MR) is 69.2 cm³/mol. The van der Waals surface area contributed by atoms with E-state index in [2.05, 4.69) is 21.2 Å². The van der Waals surface area contributed by atoms with Crippen molar-refractivity contribution >= 4 is 27.5 Å². The molecule has 4 heteroatoms. The fourth-order valence-corrected chi connectivity index (χ4v) is 1.30. The van der Waals surface area contributed by atoms with Gasteiger partial charge in [-0.15, -0.1) is 0 Å². The van der Waals surface area contributed by atoms with Crippen molar-refractivity contribution in [3.05, 3.63) is 24.3 Å². The third-order valence-corrected chi connectivity index (χ3v) is 3.67. The van der Waals surface area contributed by atoms with E-state index in [0.29, 0.717) is 0 Å². The largest absolute Gasteiger partial charge is 0.497 e. The van der Waals surface area contributed by atoms with Crippen molar-refractivity contribution in [1.29, 1.82) is 0 Å². The first kappa shape index (κ1) is 13.0. The van der Waals surface area contributed by atoms with Gasteiger partial charge in [0.1, 0.15) is 5.75 Å². The lowest BCUT2D eigenvalue weighted by atomic mass is 10.1. The molecule has 0 fully saturated rings. The molecule has 0 unspecified atom stereocenters. The molecule has 0 aromatic heterocycles. The molecule has 0 aliphatic heterocycles. The van der Waals surface area contributed by atoms with Gasteiger partial charge in [-0.05, 0) is 30.2 Å². The summed E-state index contributed by atoms with van der Waals surface area (Å²) in [5.41, 5.74) is 0.774. The van der Waals surface area contributed by atoms with Gasteiger partial charge in [-0.2, -0.15) is 0 Å². The monoisotopic (exact) mass is 285 g/mol. The summed E-state index contributed by atoms with van der Waals surface area (Å²) in [6.07, 6.45) is 0. The van der Waals surface area contributed by atoms with Gasteiger partial charge in [0, 0.05) is 5.69 Å². The molecule has 1 rings (SSSR count). The smallest absolute Gasteiger partial charge is 0.238 e. The highest BCUT2D eigenvalue weighted by molar-refractivity contribution is 9.10. The van der Waals surface area contributed by atoms with Crippen LogP contribution in [0.25, 0.3) is 0 Å². The molecule has 16 heavy (non-hydrogen) atoms. The van der Waals surface area contributed by atoms with Crippen molar-refractivity contribution in [2.75, 3.05) is 12.4 Å². The van der Waals surface area contributed by atoms with E-state index in [9.17, 15) is 4.79 Å². The number of methoxy groups -OCH3 is 1. The first-order chi connectivity index (χ1) is 7.54. The molecule has 0 spiro atoms. The number of nitrogens with one attached hydrogen (secondary N) is 1. The highest BCUT2D eigenvalue weighted by Crippen LogP contribution is 2.18. The Bertz CT molecular complexity index is 349. The summed E-state index contributed by atoms with van der Waals surface area (Å²) in [5.74, 6) is 1.01. The average Bonchev–Trinajstić information content (AvgIpc) is 2.28. The van der Waals surface area contributed by atoms with E-state index < -0.39 is 0 Å². The van der Waals surface area contributed by atoms with Gasteiger partial charge >= 0.3 is 0 Å². The van der Waals surface area contributed by atoms with E-state index in [1.54, 1.807) is 7.11 Å². The Balaban J connectivity index is 2.62. The van der Waals surface area contributed by atoms with Crippen molar-refractivity contribution < 1.29 is 9.53 Å². The number of carbonyl (C=O) groups excluding carboxylic acids is 1. The van der Waals surface area contributed by atoms with Crippen molar-refractivity contribution in [3.8, 4) is 5.75 Å². The minimum Gasteiger partial charge on any atom is -0.497 e. The summed E-state index contributed by atoms with van der Waals surface area (Å²) >= 11 is 3.36. The third-order valence-electron chi connectivity index (χ3n) is 2.19. The van der Waals surface area contributed by atoms with E-state index >= 15 is 0 Å². The van der Waals surface area contributed by atoms with Crippen LogP contribution in [0.1, 0.15) is 13.8 Å². The fourth-order valence-electron chi connectivity index (χ4n) is 1.19. The van der Waals surface area contributed by atoms with Gasteiger partial charge in [-0.1, -0.05) is 29.8 Å². The second-order valence-electron chi connectivity index (χ2n) is 3.86. The number of hydrogen-bond donors (Lipinski definition) is 1. The van der Waals surface area contributed by atoms with Gasteiger partial charge in [-0.3, -0.25) is 4.79 Å². The number of benzene rings is 1. The highest BCUT2D eigenvalue weighted by atomic mass is 79.9. The van der Waals surface area contributed by atoms with Gasteiger partial charge in [0.2, 0.25) is 5.91 Å². The van der Waals surface area contributed by atoms with Gasteiger partial charge in [0.05, 0.1) is 11.9 Å². The molecule has 1 aromatic carbocycles. The zero-order valence-electron chi connectivity index (χ0n) is 9.66. The molecular weight excluding hydrogens is 270 g/mol. The summed E-state index contributed by atoms with van der Waals surface area (Å²) in [4.78, 5) is 11.5. The standard InChI is InChI=1S/C12H16BrNO2/c1-8(2)11(13)12(15)14-9-4-6-10(16-3)7-5-9/h4-8,11H,1-3H3,(H,14,15)/t11-/m0/s1. The first-order valence-corrected chi connectivity index (χ1v) is 6.05. The summed E-state index contributed by atoms with van der Waals surface area (Å²) in [7, 11) is 1.61. The molecule has 1 amide bonds. The minimum atomic E-state index is -0.172. The van der Waals surface area contributed by atoms with Crippen molar-refractivity contribution in [1.82, 2.24) is 0 Å². The van der Waals surface area contributed by atoms with E-state index in [0.717, 1.165) is 11.4 Å². The van der Waals surface area contributed by atoms with Gasteiger partial charge in [-0.25, -0.2) is 0 Å². The maximum atomic E-state index is 11.7. The van der Waals surface area contributed by atoms with Gasteiger partial charge < -0.3 is 10.1 Å². The first-order valence-electron chi connectivity index (χ1n) is 5.13. The Labute approximate surface area is 104 Å². The second-order valence-corrected chi connectivity index (χ2v) is 4.85. The zero-order chi connectivity index (χ0) is 12.1. The number of anilines is 1. The zero-order valence-corrected chi connectivity index (χ0v) is 11.2. The van der Waals surface area contributed by atoms with E-state index in [1.165, 1.54) is 0 Å². The number of hydrogen-bond acceptors (Lipinski definition) is 2. The molecule has 0 saturated heterocycles. The van der Waals surface area contributed by atoms with Crippen molar-refractivity contribution in [2.24, 2.45) is 5.92 Å². The molecule has 0 bridgehead atoms. The Hall–Kier alpha value is -1.03. The lowest BCUT2D eigenvalue weighted by Crippen LogP contribution is -2.26. The van der Waals surface area contributed by atoms with Crippen LogP contribution in [-0.2, 0) is 4.79 Å². The number of carbonyl (C=O) groups is 1. The summed E-state index contributed by atoms with van der Waals surface area (Å²) < 4.78 is 5.04. The van der Waals surface area contributed by atoms with Crippen LogP contribution in [0.3, 0.4) is 0 Å². The summed E-state index contributed by atoms with van der Waals surface area (Å²) in [6, 6.07) is 7.26. The summed E-state index contributed by atoms with van der Waals surface area (Å²) in [5, 5.41) is 2.83. The fraction of sp³-hybridized carbons (Fsp3) is 0.417. The topological polar surface area (TPSA) is 38.3 Å². The van der Waals surface area contributed by atoms with Crippen LogP contribution < -0.4 is 10.1 Å². The molecular formula is C12H16BrNO2. The Morgan fingerprint density at radius 3 is 2.31 bits per heavy atom. The molecule has 0 aliphatic rings. The Morgan fingerprint density at radius 2 is 1.88 bits per heavy atom. The Kier molecular flexibility index (Phi) is 4.80. The molecule has 0 radical (unpaired) electrons. The van der Waals surface area contributed by atoms with Crippen LogP contribution in [0, 0.1) is 5.92 Å². The molecule has 1 aromatic rings. The van der Waals surface area contributed by atoms with Crippen LogP contribution in [-0.4, -0.2) is 17.8 Å². The normalized spacial score (nSPS) is 12.3. The van der Waals surface area contributed by atoms with Crippen LogP contribution >= 0.6 is 15.9 Å². The predicted octanol–water partition coefficient (Wildman–Crippen LogP) is 3.05. The van der Waals surface area contributed by atoms with E-state index in [1.807, 2.05) is 38.1 Å². The quantitative estimate of drug-likeness (QED) is 0.864.